The van der Waals surface area contributed by atoms with Crippen LogP contribution in [-0.2, 0) is 9.05 Å². The van der Waals surface area contributed by atoms with Gasteiger partial charge in [0.15, 0.2) is 0 Å². The van der Waals surface area contributed by atoms with Crippen LogP contribution in [0.1, 0.15) is 105 Å². The summed E-state index contributed by atoms with van der Waals surface area (Å²) in [4.78, 5) is 12.6. The van der Waals surface area contributed by atoms with E-state index in [1.54, 1.807) is 0 Å². The van der Waals surface area contributed by atoms with E-state index >= 15 is 0 Å². The van der Waals surface area contributed by atoms with Crippen LogP contribution in [0.15, 0.2) is 60.7 Å². The molecular formula is C32H53O3P. The van der Waals surface area contributed by atoms with Crippen molar-refractivity contribution in [2.45, 2.75) is 105 Å². The van der Waals surface area contributed by atoms with Crippen molar-refractivity contribution in [3.05, 3.63) is 60.7 Å². The zero-order valence-corrected chi connectivity index (χ0v) is 24.4. The molecule has 0 radical (unpaired) electrons. The van der Waals surface area contributed by atoms with Crippen molar-refractivity contribution in [2.24, 2.45) is 11.8 Å². The van der Waals surface area contributed by atoms with E-state index in [4.69, 9.17) is 9.05 Å². The van der Waals surface area contributed by atoms with Gasteiger partial charge in [0.2, 0.25) is 0 Å². The van der Waals surface area contributed by atoms with Crippen molar-refractivity contribution in [1.82, 2.24) is 0 Å². The first-order valence-electron chi connectivity index (χ1n) is 14.5. The molecule has 2 aromatic carbocycles. The van der Waals surface area contributed by atoms with Crippen LogP contribution in [0.5, 0.6) is 0 Å². The molecule has 0 aromatic heterocycles. The Kier molecular flexibility index (Phi) is 14.2. The van der Waals surface area contributed by atoms with Gasteiger partial charge in [0.25, 0.3) is 0 Å². The quantitative estimate of drug-likeness (QED) is 0.141. The third-order valence-electron chi connectivity index (χ3n) is 6.94. The van der Waals surface area contributed by atoms with Gasteiger partial charge in [0.05, 0.1) is 0 Å². The van der Waals surface area contributed by atoms with E-state index in [1.165, 1.54) is 51.4 Å². The maximum absolute atomic E-state index is 12.6. The van der Waals surface area contributed by atoms with E-state index in [0.717, 1.165) is 48.1 Å². The fraction of sp³-hybridized carbons (Fsp3) is 0.625. The zero-order chi connectivity index (χ0) is 26.1. The minimum atomic E-state index is -4.24. The molecule has 2 rings (SSSR count). The van der Waals surface area contributed by atoms with Gasteiger partial charge in [-0.3, -0.25) is 0 Å². The molecule has 0 amide bonds. The molecule has 0 spiro atoms. The fourth-order valence-electron chi connectivity index (χ4n) is 4.70. The monoisotopic (exact) mass is 516 g/mol. The van der Waals surface area contributed by atoms with E-state index in [2.05, 4.69) is 27.7 Å². The predicted octanol–water partition coefficient (Wildman–Crippen LogP) is 8.95. The fourth-order valence-corrected chi connectivity index (χ4v) is 8.00. The van der Waals surface area contributed by atoms with Gasteiger partial charge in [-0.1, -0.05) is 0 Å². The van der Waals surface area contributed by atoms with E-state index in [-0.39, 0.29) is 0 Å². The summed E-state index contributed by atoms with van der Waals surface area (Å²) in [5.41, 5.74) is 0. The van der Waals surface area contributed by atoms with Crippen LogP contribution in [0.25, 0.3) is 0 Å². The van der Waals surface area contributed by atoms with Crippen LogP contribution in [0.3, 0.4) is 0 Å². The van der Waals surface area contributed by atoms with Crippen LogP contribution >= 0.6 is 7.28 Å². The molecule has 36 heavy (non-hydrogen) atoms. The Morgan fingerprint density at radius 2 is 0.861 bits per heavy atom. The van der Waals surface area contributed by atoms with Gasteiger partial charge in [0, 0.05) is 0 Å². The van der Waals surface area contributed by atoms with Crippen LogP contribution in [-0.4, -0.2) is 18.1 Å². The van der Waals surface area contributed by atoms with Crippen molar-refractivity contribution in [1.29, 1.82) is 0 Å². The molecule has 0 atom stereocenters. The molecule has 0 fully saturated rings. The molecule has 0 aliphatic rings. The molecule has 0 saturated carbocycles. The Hall–Kier alpha value is -1.25. The zero-order valence-electron chi connectivity index (χ0n) is 23.5. The van der Waals surface area contributed by atoms with Gasteiger partial charge in [-0.15, -0.1) is 0 Å². The van der Waals surface area contributed by atoms with Gasteiger partial charge >= 0.3 is 222 Å². The molecule has 1 N–H and O–H groups in total. The van der Waals surface area contributed by atoms with Crippen LogP contribution in [0, 0.1) is 11.8 Å². The standard InChI is InChI=1S/C32H53O3P/c1-29(2)21-13-7-5-9-19-27-34-36(33,31-23-15-11-16-24-31,32-25-17-12-18-26-32)35-28-20-10-6-8-14-22-30(3)4/h11-12,15-18,23-26,29-30,33H,5-10,13-14,19-22,27-28H2,1-4H3. The summed E-state index contributed by atoms with van der Waals surface area (Å²) in [6.45, 7) is 10.2. The molecular weight excluding hydrogens is 463 g/mol. The summed E-state index contributed by atoms with van der Waals surface area (Å²) < 4.78 is 13.1. The normalized spacial score (nSPS) is 13.2. The second-order valence-electron chi connectivity index (χ2n) is 11.2. The van der Waals surface area contributed by atoms with Crippen molar-refractivity contribution in [3.8, 4) is 0 Å². The summed E-state index contributed by atoms with van der Waals surface area (Å²) in [5.74, 6) is 1.56. The van der Waals surface area contributed by atoms with Crippen molar-refractivity contribution in [3.63, 3.8) is 0 Å². The first kappa shape index (κ1) is 31.0. The number of benzene rings is 2. The average Bonchev–Trinajstić information content (AvgIpc) is 2.88. The first-order valence-corrected chi connectivity index (χ1v) is 16.6. The van der Waals surface area contributed by atoms with E-state index in [1.807, 2.05) is 60.7 Å². The Bertz CT molecular complexity index is 739. The molecule has 3 nitrogen and oxygen atoms in total. The molecule has 0 bridgehead atoms. The van der Waals surface area contributed by atoms with Gasteiger partial charge in [-0.2, -0.15) is 0 Å². The topological polar surface area (TPSA) is 38.7 Å². The number of rotatable bonds is 20. The summed E-state index contributed by atoms with van der Waals surface area (Å²) in [5, 5.41) is 1.51. The minimum absolute atomic E-state index is 0.498. The maximum atomic E-state index is 12.6. The molecule has 0 saturated heterocycles. The number of hydrogen-bond acceptors (Lipinski definition) is 3. The van der Waals surface area contributed by atoms with Crippen LogP contribution in [0.4, 0.5) is 0 Å². The number of unbranched alkanes of at least 4 members (excludes halogenated alkanes) is 8. The Morgan fingerprint density at radius 1 is 0.528 bits per heavy atom. The second kappa shape index (κ2) is 16.6. The van der Waals surface area contributed by atoms with Gasteiger partial charge in [0.1, 0.15) is 0 Å². The third-order valence-corrected chi connectivity index (χ3v) is 10.7. The Balaban J connectivity index is 2.04. The van der Waals surface area contributed by atoms with Crippen molar-refractivity contribution >= 4 is 17.9 Å². The molecule has 0 heterocycles. The summed E-state index contributed by atoms with van der Waals surface area (Å²) in [6.07, 6.45) is 14.3. The summed E-state index contributed by atoms with van der Waals surface area (Å²) >= 11 is 0. The van der Waals surface area contributed by atoms with Crippen LogP contribution in [0.2, 0.25) is 0 Å². The molecule has 0 unspecified atom stereocenters. The predicted molar refractivity (Wildman–Crippen MR) is 158 cm³/mol. The molecule has 4 heteroatoms. The average molecular weight is 517 g/mol. The van der Waals surface area contributed by atoms with E-state index in [0.29, 0.717) is 13.2 Å². The van der Waals surface area contributed by atoms with E-state index in [9.17, 15) is 4.89 Å². The van der Waals surface area contributed by atoms with Crippen molar-refractivity contribution in [2.75, 3.05) is 13.2 Å². The summed E-state index contributed by atoms with van der Waals surface area (Å²) in [7, 11) is -4.24. The molecule has 2 aromatic rings. The third kappa shape index (κ3) is 10.3. The van der Waals surface area contributed by atoms with Gasteiger partial charge in [-0.05, 0) is 0 Å². The van der Waals surface area contributed by atoms with Gasteiger partial charge in [-0.25, -0.2) is 0 Å². The molecule has 0 aliphatic carbocycles. The SMILES string of the molecule is CC(C)CCCCCCCOP(O)(OCCCCCCCC(C)C)(c1ccccc1)c1ccccc1. The van der Waals surface area contributed by atoms with E-state index < -0.39 is 7.28 Å². The van der Waals surface area contributed by atoms with Crippen molar-refractivity contribution < 1.29 is 13.9 Å². The Labute approximate surface area is 222 Å². The Morgan fingerprint density at radius 3 is 1.22 bits per heavy atom. The number of hydrogen-bond donors (Lipinski definition) is 1. The first-order chi connectivity index (χ1) is 17.4. The summed E-state index contributed by atoms with van der Waals surface area (Å²) in [6, 6.07) is 19.7. The van der Waals surface area contributed by atoms with Gasteiger partial charge < -0.3 is 0 Å². The van der Waals surface area contributed by atoms with Crippen LogP contribution < -0.4 is 10.6 Å². The molecule has 204 valence electrons. The second-order valence-corrected chi connectivity index (χ2v) is 14.5. The molecule has 0 aliphatic heterocycles.